The van der Waals surface area contributed by atoms with Crippen LogP contribution in [0.3, 0.4) is 0 Å². The van der Waals surface area contributed by atoms with Crippen LogP contribution in [0.5, 0.6) is 0 Å². The number of halogens is 1. The number of amides is 2. The average molecular weight is 364 g/mol. The largest absolute Gasteiger partial charge is 0.354 e. The summed E-state index contributed by atoms with van der Waals surface area (Å²) in [5.74, 6) is 0.0331. The van der Waals surface area contributed by atoms with E-state index in [2.05, 4.69) is 15.6 Å². The zero-order valence-corrected chi connectivity index (χ0v) is 14.8. The third-order valence-electron chi connectivity index (χ3n) is 3.09. The van der Waals surface area contributed by atoms with E-state index in [0.29, 0.717) is 29.4 Å². The smallest absolute Gasteiger partial charge is 0.252 e. The molecule has 0 aliphatic carbocycles. The van der Waals surface area contributed by atoms with E-state index in [1.165, 1.54) is 18.0 Å². The summed E-state index contributed by atoms with van der Waals surface area (Å²) in [6, 6.07) is 10.8. The predicted molar refractivity (Wildman–Crippen MR) is 96.5 cm³/mol. The number of aromatic nitrogens is 1. The number of nitrogens with zero attached hydrogens (tertiary/aromatic N) is 1. The van der Waals surface area contributed by atoms with Gasteiger partial charge in [0, 0.05) is 34.9 Å². The summed E-state index contributed by atoms with van der Waals surface area (Å²) in [6.07, 6.45) is 1.53. The van der Waals surface area contributed by atoms with Crippen LogP contribution in [0.15, 0.2) is 47.5 Å². The van der Waals surface area contributed by atoms with Crippen molar-refractivity contribution in [3.8, 4) is 0 Å². The van der Waals surface area contributed by atoms with Crippen LogP contribution in [0.4, 0.5) is 0 Å². The molecule has 5 nitrogen and oxygen atoms in total. The van der Waals surface area contributed by atoms with Crippen LogP contribution in [0.2, 0.25) is 5.02 Å². The van der Waals surface area contributed by atoms with Gasteiger partial charge >= 0.3 is 0 Å². The van der Waals surface area contributed by atoms with Crippen LogP contribution in [-0.2, 0) is 4.79 Å². The molecule has 0 radical (unpaired) electrons. The highest BCUT2D eigenvalue weighted by atomic mass is 35.5. The lowest BCUT2D eigenvalue weighted by molar-refractivity contribution is -0.118. The molecular formula is C17H18ClN3O2S. The van der Waals surface area contributed by atoms with Gasteiger partial charge in [-0.05, 0) is 43.3 Å². The molecule has 0 saturated carbocycles. The van der Waals surface area contributed by atoms with Gasteiger partial charge in [-0.2, -0.15) is 0 Å². The topological polar surface area (TPSA) is 71.1 Å². The van der Waals surface area contributed by atoms with E-state index >= 15 is 0 Å². The first kappa shape index (κ1) is 18.3. The summed E-state index contributed by atoms with van der Waals surface area (Å²) in [7, 11) is 0. The SMILES string of the molecule is Cc1ccc(C(=O)NCCNC(=O)CSc2ccc(Cl)cc2)cn1. The van der Waals surface area contributed by atoms with Gasteiger partial charge in [0.15, 0.2) is 0 Å². The molecule has 2 amide bonds. The van der Waals surface area contributed by atoms with Gasteiger partial charge in [0.2, 0.25) is 5.91 Å². The van der Waals surface area contributed by atoms with Crippen molar-refractivity contribution in [1.29, 1.82) is 0 Å². The van der Waals surface area contributed by atoms with E-state index in [9.17, 15) is 9.59 Å². The van der Waals surface area contributed by atoms with E-state index in [1.54, 1.807) is 24.3 Å². The van der Waals surface area contributed by atoms with Crippen molar-refractivity contribution >= 4 is 35.2 Å². The van der Waals surface area contributed by atoms with Gasteiger partial charge in [-0.3, -0.25) is 14.6 Å². The fourth-order valence-electron chi connectivity index (χ4n) is 1.81. The van der Waals surface area contributed by atoms with Crippen molar-refractivity contribution in [2.75, 3.05) is 18.8 Å². The normalized spacial score (nSPS) is 10.2. The highest BCUT2D eigenvalue weighted by molar-refractivity contribution is 8.00. The molecule has 0 fully saturated rings. The first-order valence-electron chi connectivity index (χ1n) is 7.40. The maximum absolute atomic E-state index is 11.9. The number of thioether (sulfide) groups is 1. The molecular weight excluding hydrogens is 346 g/mol. The van der Waals surface area contributed by atoms with Crippen molar-refractivity contribution in [3.05, 3.63) is 58.9 Å². The van der Waals surface area contributed by atoms with E-state index in [1.807, 2.05) is 19.1 Å². The molecule has 0 aliphatic rings. The Bertz CT molecular complexity index is 690. The summed E-state index contributed by atoms with van der Waals surface area (Å²) < 4.78 is 0. The summed E-state index contributed by atoms with van der Waals surface area (Å²) >= 11 is 7.24. The van der Waals surface area contributed by atoms with Crippen LogP contribution in [0.25, 0.3) is 0 Å². The molecule has 0 atom stereocenters. The summed E-state index contributed by atoms with van der Waals surface area (Å²) in [4.78, 5) is 28.7. The van der Waals surface area contributed by atoms with E-state index < -0.39 is 0 Å². The molecule has 0 bridgehead atoms. The van der Waals surface area contributed by atoms with Crippen LogP contribution >= 0.6 is 23.4 Å². The van der Waals surface area contributed by atoms with Gasteiger partial charge < -0.3 is 10.6 Å². The maximum Gasteiger partial charge on any atom is 0.252 e. The summed E-state index contributed by atoms with van der Waals surface area (Å²) in [5.41, 5.74) is 1.36. The van der Waals surface area contributed by atoms with E-state index in [0.717, 1.165) is 10.6 Å². The molecule has 0 spiro atoms. The lowest BCUT2D eigenvalue weighted by atomic mass is 10.2. The van der Waals surface area contributed by atoms with Crippen molar-refractivity contribution in [2.24, 2.45) is 0 Å². The third-order valence-corrected chi connectivity index (χ3v) is 4.35. The zero-order chi connectivity index (χ0) is 17.4. The van der Waals surface area contributed by atoms with Gasteiger partial charge in [-0.15, -0.1) is 11.8 Å². The average Bonchev–Trinajstić information content (AvgIpc) is 2.58. The highest BCUT2D eigenvalue weighted by Gasteiger charge is 2.06. The standard InChI is InChI=1S/C17H18ClN3O2S/c1-12-2-3-13(10-21-12)17(23)20-9-8-19-16(22)11-24-15-6-4-14(18)5-7-15/h2-7,10H,8-9,11H2,1H3,(H,19,22)(H,20,23). The Labute approximate surface area is 150 Å². The van der Waals surface area contributed by atoms with Gasteiger partial charge in [0.05, 0.1) is 11.3 Å². The second-order valence-corrected chi connectivity index (χ2v) is 6.52. The number of carbonyl (C=O) groups excluding carboxylic acids is 2. The number of carbonyl (C=O) groups is 2. The summed E-state index contributed by atoms with van der Waals surface area (Å²) in [5, 5.41) is 6.17. The van der Waals surface area contributed by atoms with Crippen LogP contribution in [0.1, 0.15) is 16.1 Å². The first-order chi connectivity index (χ1) is 11.5. The molecule has 0 aliphatic heterocycles. The number of pyridine rings is 1. The van der Waals surface area contributed by atoms with Crippen molar-refractivity contribution in [1.82, 2.24) is 15.6 Å². The molecule has 7 heteroatoms. The van der Waals surface area contributed by atoms with Crippen LogP contribution in [0, 0.1) is 6.92 Å². The van der Waals surface area contributed by atoms with Crippen molar-refractivity contribution < 1.29 is 9.59 Å². The number of rotatable bonds is 7. The molecule has 126 valence electrons. The first-order valence-corrected chi connectivity index (χ1v) is 8.77. The molecule has 2 N–H and O–H groups in total. The number of hydrogen-bond donors (Lipinski definition) is 2. The van der Waals surface area contributed by atoms with E-state index in [-0.39, 0.29) is 11.8 Å². The van der Waals surface area contributed by atoms with Gasteiger partial charge in [-0.25, -0.2) is 0 Å². The fourth-order valence-corrected chi connectivity index (χ4v) is 2.67. The van der Waals surface area contributed by atoms with E-state index in [4.69, 9.17) is 11.6 Å². The Balaban J connectivity index is 1.63. The molecule has 0 saturated heterocycles. The number of hydrogen-bond acceptors (Lipinski definition) is 4. The van der Waals surface area contributed by atoms with Gasteiger partial charge in [0.25, 0.3) is 5.91 Å². The number of benzene rings is 1. The molecule has 1 aromatic carbocycles. The van der Waals surface area contributed by atoms with Crippen LogP contribution < -0.4 is 10.6 Å². The summed E-state index contributed by atoms with van der Waals surface area (Å²) in [6.45, 7) is 2.61. The quantitative estimate of drug-likeness (QED) is 0.586. The highest BCUT2D eigenvalue weighted by Crippen LogP contribution is 2.19. The fraction of sp³-hybridized carbons (Fsp3) is 0.235. The minimum absolute atomic E-state index is 0.0822. The lowest BCUT2D eigenvalue weighted by Gasteiger charge is -2.07. The Hall–Kier alpha value is -2.05. The molecule has 2 aromatic rings. The Morgan fingerprint density at radius 3 is 2.46 bits per heavy atom. The van der Waals surface area contributed by atoms with Gasteiger partial charge in [0.1, 0.15) is 0 Å². The van der Waals surface area contributed by atoms with Crippen molar-refractivity contribution in [3.63, 3.8) is 0 Å². The minimum atomic E-state index is -0.202. The monoisotopic (exact) mass is 363 g/mol. The second kappa shape index (κ2) is 9.30. The molecule has 0 unspecified atom stereocenters. The Morgan fingerprint density at radius 1 is 1.08 bits per heavy atom. The zero-order valence-electron chi connectivity index (χ0n) is 13.2. The number of aryl methyl sites for hydroxylation is 1. The Morgan fingerprint density at radius 2 is 1.79 bits per heavy atom. The molecule has 1 heterocycles. The molecule has 2 rings (SSSR count). The second-order valence-electron chi connectivity index (χ2n) is 5.04. The molecule has 1 aromatic heterocycles. The molecule has 24 heavy (non-hydrogen) atoms. The minimum Gasteiger partial charge on any atom is -0.354 e. The van der Waals surface area contributed by atoms with Crippen LogP contribution in [-0.4, -0.2) is 35.6 Å². The lowest BCUT2D eigenvalue weighted by Crippen LogP contribution is -2.35. The predicted octanol–water partition coefficient (Wildman–Crippen LogP) is 2.68. The van der Waals surface area contributed by atoms with Gasteiger partial charge in [-0.1, -0.05) is 11.6 Å². The third kappa shape index (κ3) is 6.22. The Kier molecular flexibility index (Phi) is 7.08. The van der Waals surface area contributed by atoms with Crippen molar-refractivity contribution in [2.45, 2.75) is 11.8 Å². The number of nitrogens with one attached hydrogen (secondary N) is 2. The maximum atomic E-state index is 11.9.